The van der Waals surface area contributed by atoms with Crippen LogP contribution in [0.5, 0.6) is 0 Å². The van der Waals surface area contributed by atoms with Gasteiger partial charge in [-0.2, -0.15) is 0 Å². The van der Waals surface area contributed by atoms with Crippen molar-refractivity contribution in [2.24, 2.45) is 0 Å². The molecule has 1 aromatic rings. The first-order valence-electron chi connectivity index (χ1n) is 5.42. The highest BCUT2D eigenvalue weighted by atomic mass is 35.5. The van der Waals surface area contributed by atoms with E-state index in [1.165, 1.54) is 25.7 Å². The van der Waals surface area contributed by atoms with E-state index in [2.05, 4.69) is 21.9 Å². The first kappa shape index (κ1) is 10.8. The van der Waals surface area contributed by atoms with Gasteiger partial charge in [-0.15, -0.1) is 0 Å². The van der Waals surface area contributed by atoms with E-state index in [0.717, 1.165) is 18.3 Å². The molecule has 3 nitrogen and oxygen atoms in total. The van der Waals surface area contributed by atoms with E-state index in [1.807, 2.05) is 0 Å². The minimum absolute atomic E-state index is 0.460. The van der Waals surface area contributed by atoms with Crippen LogP contribution < -0.4 is 0 Å². The molecule has 0 amide bonds. The van der Waals surface area contributed by atoms with E-state index in [0.29, 0.717) is 5.15 Å². The summed E-state index contributed by atoms with van der Waals surface area (Å²) in [5.41, 5.74) is 0.994. The summed E-state index contributed by atoms with van der Waals surface area (Å²) in [4.78, 5) is 10.7. The second-order valence-electron chi connectivity index (χ2n) is 4.18. The number of halogens is 1. The van der Waals surface area contributed by atoms with Crippen molar-refractivity contribution in [3.05, 3.63) is 23.2 Å². The van der Waals surface area contributed by atoms with Crippen LogP contribution in [0.15, 0.2) is 12.4 Å². The van der Waals surface area contributed by atoms with Crippen molar-refractivity contribution in [3.63, 3.8) is 0 Å². The lowest BCUT2D eigenvalue weighted by Crippen LogP contribution is -2.28. The molecular formula is C11H16ClN3. The van der Waals surface area contributed by atoms with Crippen molar-refractivity contribution in [1.29, 1.82) is 0 Å². The molecule has 0 saturated heterocycles. The Kier molecular flexibility index (Phi) is 3.54. The second kappa shape index (κ2) is 4.90. The number of hydrogen-bond acceptors (Lipinski definition) is 3. The third kappa shape index (κ3) is 2.89. The van der Waals surface area contributed by atoms with E-state index in [4.69, 9.17) is 11.6 Å². The Balaban J connectivity index is 1.92. The van der Waals surface area contributed by atoms with Crippen LogP contribution in [0.1, 0.15) is 31.4 Å². The first-order valence-corrected chi connectivity index (χ1v) is 5.80. The van der Waals surface area contributed by atoms with Gasteiger partial charge in [-0.1, -0.05) is 24.4 Å². The van der Waals surface area contributed by atoms with Gasteiger partial charge in [0.05, 0.1) is 18.1 Å². The zero-order valence-electron chi connectivity index (χ0n) is 8.99. The fourth-order valence-electron chi connectivity index (χ4n) is 2.15. The van der Waals surface area contributed by atoms with Crippen LogP contribution in [0.4, 0.5) is 0 Å². The van der Waals surface area contributed by atoms with E-state index in [-0.39, 0.29) is 0 Å². The number of aromatic nitrogens is 2. The molecule has 2 rings (SSSR count). The molecule has 1 aliphatic carbocycles. The Bertz CT molecular complexity index is 306. The minimum Gasteiger partial charge on any atom is -0.298 e. The van der Waals surface area contributed by atoms with Crippen molar-refractivity contribution in [1.82, 2.24) is 14.9 Å². The molecule has 15 heavy (non-hydrogen) atoms. The van der Waals surface area contributed by atoms with Crippen molar-refractivity contribution in [3.8, 4) is 0 Å². The van der Waals surface area contributed by atoms with Crippen LogP contribution in [0.3, 0.4) is 0 Å². The smallest absolute Gasteiger partial charge is 0.147 e. The molecule has 4 heteroatoms. The molecule has 1 aliphatic rings. The first-order chi connectivity index (χ1) is 7.25. The molecular weight excluding hydrogens is 210 g/mol. The summed E-state index contributed by atoms with van der Waals surface area (Å²) < 4.78 is 0. The van der Waals surface area contributed by atoms with Gasteiger partial charge in [0.1, 0.15) is 5.15 Å². The molecule has 0 N–H and O–H groups in total. The van der Waals surface area contributed by atoms with Gasteiger partial charge in [0.2, 0.25) is 0 Å². The molecule has 0 aromatic carbocycles. The zero-order chi connectivity index (χ0) is 10.7. The Morgan fingerprint density at radius 1 is 1.33 bits per heavy atom. The zero-order valence-corrected chi connectivity index (χ0v) is 9.74. The highest BCUT2D eigenvalue weighted by Gasteiger charge is 2.19. The Hall–Kier alpha value is -0.670. The summed E-state index contributed by atoms with van der Waals surface area (Å²) in [7, 11) is 2.16. The molecule has 1 saturated carbocycles. The minimum atomic E-state index is 0.460. The van der Waals surface area contributed by atoms with Gasteiger partial charge >= 0.3 is 0 Å². The van der Waals surface area contributed by atoms with Crippen LogP contribution in [-0.4, -0.2) is 28.0 Å². The van der Waals surface area contributed by atoms with Crippen LogP contribution in [0, 0.1) is 0 Å². The average molecular weight is 226 g/mol. The molecule has 1 heterocycles. The maximum Gasteiger partial charge on any atom is 0.147 e. The normalized spacial score (nSPS) is 17.5. The number of hydrogen-bond donors (Lipinski definition) is 0. The summed E-state index contributed by atoms with van der Waals surface area (Å²) >= 11 is 5.69. The Morgan fingerprint density at radius 2 is 2.07 bits per heavy atom. The molecule has 0 radical (unpaired) electrons. The summed E-state index contributed by atoms with van der Waals surface area (Å²) in [6.45, 7) is 0.870. The molecule has 0 bridgehead atoms. The molecule has 0 atom stereocenters. The maximum absolute atomic E-state index is 5.69. The van der Waals surface area contributed by atoms with Crippen molar-refractivity contribution in [2.75, 3.05) is 7.05 Å². The van der Waals surface area contributed by atoms with Crippen molar-refractivity contribution < 1.29 is 0 Å². The third-order valence-corrected chi connectivity index (χ3v) is 3.23. The lowest BCUT2D eigenvalue weighted by atomic mass is 10.2. The van der Waals surface area contributed by atoms with Gasteiger partial charge in [0.15, 0.2) is 0 Å². The average Bonchev–Trinajstić information content (AvgIpc) is 2.74. The predicted molar refractivity (Wildman–Crippen MR) is 60.8 cm³/mol. The lowest BCUT2D eigenvalue weighted by molar-refractivity contribution is 0.234. The topological polar surface area (TPSA) is 29.0 Å². The SMILES string of the molecule is CN(Cc1cnc(Cl)cn1)C1CCCC1. The summed E-state index contributed by atoms with van der Waals surface area (Å²) in [6, 6.07) is 0.725. The largest absolute Gasteiger partial charge is 0.298 e. The third-order valence-electron chi connectivity index (χ3n) is 3.03. The molecule has 1 fully saturated rings. The van der Waals surface area contributed by atoms with E-state index in [1.54, 1.807) is 12.4 Å². The maximum atomic E-state index is 5.69. The molecule has 0 unspecified atom stereocenters. The van der Waals surface area contributed by atoms with Crippen LogP contribution in [-0.2, 0) is 6.54 Å². The van der Waals surface area contributed by atoms with Gasteiger partial charge in [-0.05, 0) is 19.9 Å². The standard InChI is InChI=1S/C11H16ClN3/c1-15(10-4-2-3-5-10)8-9-6-14-11(12)7-13-9/h6-7,10H,2-5,8H2,1H3. The van der Waals surface area contributed by atoms with Gasteiger partial charge in [-0.3, -0.25) is 9.88 Å². The van der Waals surface area contributed by atoms with E-state index >= 15 is 0 Å². The fourth-order valence-corrected chi connectivity index (χ4v) is 2.25. The van der Waals surface area contributed by atoms with E-state index in [9.17, 15) is 0 Å². The van der Waals surface area contributed by atoms with Gasteiger partial charge in [0, 0.05) is 12.6 Å². The van der Waals surface area contributed by atoms with Gasteiger partial charge in [0.25, 0.3) is 0 Å². The van der Waals surface area contributed by atoms with Gasteiger partial charge in [-0.25, -0.2) is 4.98 Å². The second-order valence-corrected chi connectivity index (χ2v) is 4.57. The Labute approximate surface area is 95.5 Å². The Morgan fingerprint density at radius 3 is 2.67 bits per heavy atom. The van der Waals surface area contributed by atoms with Gasteiger partial charge < -0.3 is 0 Å². The molecule has 1 aromatic heterocycles. The summed E-state index contributed by atoms with van der Waals surface area (Å²) in [6.07, 6.45) is 8.73. The van der Waals surface area contributed by atoms with Crippen molar-refractivity contribution in [2.45, 2.75) is 38.3 Å². The van der Waals surface area contributed by atoms with Crippen molar-refractivity contribution >= 4 is 11.6 Å². The monoisotopic (exact) mass is 225 g/mol. The quantitative estimate of drug-likeness (QED) is 0.792. The van der Waals surface area contributed by atoms with Crippen LogP contribution >= 0.6 is 11.6 Å². The van der Waals surface area contributed by atoms with Crippen LogP contribution in [0.2, 0.25) is 5.15 Å². The highest BCUT2D eigenvalue weighted by molar-refractivity contribution is 6.29. The molecule has 82 valence electrons. The number of nitrogens with zero attached hydrogens (tertiary/aromatic N) is 3. The fraction of sp³-hybridized carbons (Fsp3) is 0.636. The van der Waals surface area contributed by atoms with Crippen LogP contribution in [0.25, 0.3) is 0 Å². The predicted octanol–water partition coefficient (Wildman–Crippen LogP) is 2.50. The lowest BCUT2D eigenvalue weighted by Gasteiger charge is -2.23. The molecule has 0 spiro atoms. The summed E-state index contributed by atoms with van der Waals surface area (Å²) in [5.74, 6) is 0. The summed E-state index contributed by atoms with van der Waals surface area (Å²) in [5, 5.41) is 0.460. The van der Waals surface area contributed by atoms with E-state index < -0.39 is 0 Å². The highest BCUT2D eigenvalue weighted by Crippen LogP contribution is 2.23. The molecule has 0 aliphatic heterocycles. The number of rotatable bonds is 3.